The van der Waals surface area contributed by atoms with Crippen molar-refractivity contribution in [3.8, 4) is 0 Å². The van der Waals surface area contributed by atoms with Crippen molar-refractivity contribution in [2.24, 2.45) is 52.3 Å². The van der Waals surface area contributed by atoms with Crippen molar-refractivity contribution in [2.75, 3.05) is 0 Å². The molecule has 204 valence electrons. The Balaban J connectivity index is 1.23. The third-order valence-electron chi connectivity index (χ3n) is 12.5. The molecule has 0 aliphatic heterocycles. The Morgan fingerprint density at radius 3 is 2.47 bits per heavy atom. The molecule has 5 aliphatic carbocycles. The standard InChI is InChI=1S/C34H56OS/c1-23(2)10-9-11-24(3)29-16-17-30-28-15-14-26-22-27(36-32(35)25-12-7-6-8-13-25)18-20-33(26,4)31(28)19-21-34(29,30)5/h14,23-25,27-31H,6-13,15-22H2,1-5H3/t24-,27-,28+,29-,30+,31+,33+,34-/m1/s1. The summed E-state index contributed by atoms with van der Waals surface area (Å²) in [4.78, 5) is 13.0. The summed E-state index contributed by atoms with van der Waals surface area (Å²) in [6, 6.07) is 0. The van der Waals surface area contributed by atoms with Crippen molar-refractivity contribution >= 4 is 16.9 Å². The number of hydrogen-bond donors (Lipinski definition) is 0. The van der Waals surface area contributed by atoms with Gasteiger partial charge in [0.1, 0.15) is 0 Å². The monoisotopic (exact) mass is 512 g/mol. The lowest BCUT2D eigenvalue weighted by Gasteiger charge is -2.58. The van der Waals surface area contributed by atoms with Gasteiger partial charge < -0.3 is 0 Å². The van der Waals surface area contributed by atoms with Crippen molar-refractivity contribution < 1.29 is 4.79 Å². The number of hydrogen-bond acceptors (Lipinski definition) is 2. The van der Waals surface area contributed by atoms with Gasteiger partial charge in [0.05, 0.1) is 0 Å². The van der Waals surface area contributed by atoms with E-state index in [0.29, 0.717) is 27.1 Å². The second kappa shape index (κ2) is 11.1. The third-order valence-corrected chi connectivity index (χ3v) is 13.8. The van der Waals surface area contributed by atoms with Crippen LogP contribution >= 0.6 is 11.8 Å². The van der Waals surface area contributed by atoms with E-state index in [2.05, 4.69) is 40.7 Å². The number of rotatable bonds is 7. The summed E-state index contributed by atoms with van der Waals surface area (Å²) < 4.78 is 0. The van der Waals surface area contributed by atoms with Crippen LogP contribution in [0.15, 0.2) is 11.6 Å². The molecule has 36 heavy (non-hydrogen) atoms. The highest BCUT2D eigenvalue weighted by Gasteiger charge is 2.59. The van der Waals surface area contributed by atoms with Crippen molar-refractivity contribution in [2.45, 2.75) is 143 Å². The van der Waals surface area contributed by atoms with Crippen molar-refractivity contribution in [1.29, 1.82) is 0 Å². The first kappa shape index (κ1) is 27.3. The van der Waals surface area contributed by atoms with Gasteiger partial charge in [-0.1, -0.05) is 96.6 Å². The highest BCUT2D eigenvalue weighted by atomic mass is 32.2. The molecule has 0 unspecified atom stereocenters. The molecular weight excluding hydrogens is 456 g/mol. The van der Waals surface area contributed by atoms with Crippen LogP contribution < -0.4 is 0 Å². The zero-order chi connectivity index (χ0) is 25.5. The lowest BCUT2D eigenvalue weighted by Crippen LogP contribution is -2.50. The Morgan fingerprint density at radius 1 is 0.944 bits per heavy atom. The number of fused-ring (bicyclic) bond motifs is 5. The minimum Gasteiger partial charge on any atom is -0.287 e. The number of thioether (sulfide) groups is 1. The van der Waals surface area contributed by atoms with E-state index in [-0.39, 0.29) is 0 Å². The van der Waals surface area contributed by atoms with E-state index >= 15 is 0 Å². The van der Waals surface area contributed by atoms with Gasteiger partial charge in [0.2, 0.25) is 0 Å². The molecule has 0 radical (unpaired) electrons. The van der Waals surface area contributed by atoms with E-state index < -0.39 is 0 Å². The zero-order valence-corrected chi connectivity index (χ0v) is 25.1. The molecule has 2 heteroatoms. The molecule has 5 aliphatic rings. The SMILES string of the molecule is CC(C)CCC[C@@H](C)[C@H]1CC[C@H]2[C@@H]3CC=C4C[C@H](SC(=O)C5CCCCC5)CC[C@]4(C)[C@H]3CC[C@]12C. The molecule has 4 fully saturated rings. The van der Waals surface area contributed by atoms with Crippen molar-refractivity contribution in [3.05, 3.63) is 11.6 Å². The Labute approximate surface area is 227 Å². The van der Waals surface area contributed by atoms with Gasteiger partial charge in [0.15, 0.2) is 5.12 Å². The fourth-order valence-corrected chi connectivity index (χ4v) is 11.6. The Bertz CT molecular complexity index is 808. The largest absolute Gasteiger partial charge is 0.287 e. The van der Waals surface area contributed by atoms with Gasteiger partial charge >= 0.3 is 0 Å². The van der Waals surface area contributed by atoms with Crippen LogP contribution in [0.2, 0.25) is 0 Å². The van der Waals surface area contributed by atoms with Gasteiger partial charge in [-0.25, -0.2) is 0 Å². The topological polar surface area (TPSA) is 17.1 Å². The molecule has 8 atom stereocenters. The summed E-state index contributed by atoms with van der Waals surface area (Å²) in [6.07, 6.45) is 24.2. The van der Waals surface area contributed by atoms with E-state index in [0.717, 1.165) is 48.3 Å². The van der Waals surface area contributed by atoms with Crippen molar-refractivity contribution in [1.82, 2.24) is 0 Å². The summed E-state index contributed by atoms with van der Waals surface area (Å²) in [5.41, 5.74) is 2.75. The minimum atomic E-state index is 0.362. The van der Waals surface area contributed by atoms with Crippen LogP contribution in [0.3, 0.4) is 0 Å². The fraction of sp³-hybridized carbons (Fsp3) is 0.912. The molecule has 0 aromatic carbocycles. The second-order valence-corrected chi connectivity index (χ2v) is 16.2. The lowest BCUT2D eigenvalue weighted by molar-refractivity contribution is -0.115. The first-order chi connectivity index (χ1) is 17.2. The molecule has 0 bridgehead atoms. The third kappa shape index (κ3) is 5.16. The lowest BCUT2D eigenvalue weighted by atomic mass is 9.47. The summed E-state index contributed by atoms with van der Waals surface area (Å²) in [6.45, 7) is 12.7. The van der Waals surface area contributed by atoms with Gasteiger partial charge in [-0.3, -0.25) is 4.79 Å². The van der Waals surface area contributed by atoms with Gasteiger partial charge in [0.25, 0.3) is 0 Å². The predicted molar refractivity (Wildman–Crippen MR) is 156 cm³/mol. The van der Waals surface area contributed by atoms with Gasteiger partial charge in [-0.2, -0.15) is 0 Å². The molecule has 0 saturated heterocycles. The summed E-state index contributed by atoms with van der Waals surface area (Å²) >= 11 is 1.76. The second-order valence-electron chi connectivity index (χ2n) is 14.9. The molecule has 4 saturated carbocycles. The van der Waals surface area contributed by atoms with Crippen LogP contribution in [-0.4, -0.2) is 10.4 Å². The quantitative estimate of drug-likeness (QED) is 0.316. The molecule has 0 aromatic heterocycles. The van der Waals surface area contributed by atoms with Gasteiger partial charge in [-0.15, -0.1) is 0 Å². The normalized spacial score (nSPS) is 41.8. The number of carbonyl (C=O) groups is 1. The van der Waals surface area contributed by atoms with E-state index in [1.54, 1.807) is 17.3 Å². The van der Waals surface area contributed by atoms with Crippen LogP contribution in [0, 0.1) is 52.3 Å². The molecule has 1 nitrogen and oxygen atoms in total. The Hall–Kier alpha value is -0.240. The van der Waals surface area contributed by atoms with Gasteiger partial charge in [-0.05, 0) is 111 Å². The molecule has 0 heterocycles. The van der Waals surface area contributed by atoms with E-state index in [1.165, 1.54) is 89.9 Å². The Morgan fingerprint density at radius 2 is 1.72 bits per heavy atom. The van der Waals surface area contributed by atoms with Crippen LogP contribution in [0.1, 0.15) is 137 Å². The van der Waals surface area contributed by atoms with Crippen LogP contribution in [-0.2, 0) is 4.79 Å². The maximum Gasteiger partial charge on any atom is 0.192 e. The maximum absolute atomic E-state index is 13.0. The molecule has 0 aromatic rings. The number of allylic oxidation sites excluding steroid dienone is 2. The highest BCUT2D eigenvalue weighted by Crippen LogP contribution is 2.67. The summed E-state index contributed by atoms with van der Waals surface area (Å²) in [5.74, 6) is 5.82. The minimum absolute atomic E-state index is 0.362. The number of carbonyl (C=O) groups excluding carboxylic acids is 1. The predicted octanol–water partition coefficient (Wildman–Crippen LogP) is 10.2. The first-order valence-corrected chi connectivity index (χ1v) is 17.0. The van der Waals surface area contributed by atoms with E-state index in [1.807, 2.05) is 0 Å². The summed E-state index contributed by atoms with van der Waals surface area (Å²) in [5, 5.41) is 1.08. The smallest absolute Gasteiger partial charge is 0.192 e. The van der Waals surface area contributed by atoms with Crippen molar-refractivity contribution in [3.63, 3.8) is 0 Å². The molecule has 0 N–H and O–H groups in total. The van der Waals surface area contributed by atoms with Crippen LogP contribution in [0.5, 0.6) is 0 Å². The molecule has 0 spiro atoms. The van der Waals surface area contributed by atoms with Gasteiger partial charge in [0, 0.05) is 11.2 Å². The maximum atomic E-state index is 13.0. The van der Waals surface area contributed by atoms with E-state index in [4.69, 9.17) is 0 Å². The van der Waals surface area contributed by atoms with Crippen LogP contribution in [0.25, 0.3) is 0 Å². The van der Waals surface area contributed by atoms with E-state index in [9.17, 15) is 4.79 Å². The Kier molecular flexibility index (Phi) is 8.42. The average molecular weight is 513 g/mol. The fourth-order valence-electron chi connectivity index (χ4n) is 10.4. The highest BCUT2D eigenvalue weighted by molar-refractivity contribution is 8.14. The molecular formula is C34H56OS. The average Bonchev–Trinajstić information content (AvgIpc) is 3.22. The summed E-state index contributed by atoms with van der Waals surface area (Å²) in [7, 11) is 0. The molecule has 5 rings (SSSR count). The van der Waals surface area contributed by atoms with Crippen LogP contribution in [0.4, 0.5) is 0 Å². The molecule has 0 amide bonds. The first-order valence-electron chi connectivity index (χ1n) is 16.1. The zero-order valence-electron chi connectivity index (χ0n) is 24.3.